The number of sulfonamides is 1. The van der Waals surface area contributed by atoms with Crippen molar-refractivity contribution in [3.8, 4) is 17.0 Å². The summed E-state index contributed by atoms with van der Waals surface area (Å²) < 4.78 is 32.8. The third kappa shape index (κ3) is 3.28. The highest BCUT2D eigenvalue weighted by molar-refractivity contribution is 7.92. The molecular weight excluding hydrogens is 360 g/mol. The Balaban J connectivity index is 1.72. The first-order valence-electron chi connectivity index (χ1n) is 8.82. The number of methoxy groups -OCH3 is 1. The number of nitrogens with zero attached hydrogens (tertiary/aromatic N) is 2. The molecule has 0 spiro atoms. The van der Waals surface area contributed by atoms with Crippen LogP contribution in [0, 0.1) is 0 Å². The summed E-state index contributed by atoms with van der Waals surface area (Å²) in [6.45, 7) is 0.466. The van der Waals surface area contributed by atoms with E-state index in [0.29, 0.717) is 17.1 Å². The molecule has 6 heteroatoms. The van der Waals surface area contributed by atoms with Crippen molar-refractivity contribution in [3.05, 3.63) is 72.4 Å². The second kappa shape index (κ2) is 7.04. The largest absolute Gasteiger partial charge is 0.497 e. The number of rotatable bonds is 4. The lowest BCUT2D eigenvalue weighted by Gasteiger charge is -2.30. The highest BCUT2D eigenvalue weighted by Gasteiger charge is 2.29. The molecule has 27 heavy (non-hydrogen) atoms. The summed E-state index contributed by atoms with van der Waals surface area (Å²) in [5.74, 6) is 0.789. The topological polar surface area (TPSA) is 59.5 Å². The van der Waals surface area contributed by atoms with Gasteiger partial charge in [-0.25, -0.2) is 8.42 Å². The summed E-state index contributed by atoms with van der Waals surface area (Å²) in [4.78, 5) is 5.05. The molecule has 138 valence electrons. The fourth-order valence-electron chi connectivity index (χ4n) is 3.31. The van der Waals surface area contributed by atoms with E-state index in [2.05, 4.69) is 0 Å². The summed E-state index contributed by atoms with van der Waals surface area (Å²) in [7, 11) is -1.95. The van der Waals surface area contributed by atoms with Crippen LogP contribution in [0.3, 0.4) is 0 Å². The number of aryl methyl sites for hydroxylation is 1. The van der Waals surface area contributed by atoms with Gasteiger partial charge in [-0.05, 0) is 61.4 Å². The van der Waals surface area contributed by atoms with Crippen molar-refractivity contribution in [2.45, 2.75) is 17.7 Å². The molecular formula is C21H20N2O3S. The molecule has 2 heterocycles. The molecule has 0 amide bonds. The fraction of sp³-hybridized carbons (Fsp3) is 0.190. The van der Waals surface area contributed by atoms with Gasteiger partial charge in [-0.2, -0.15) is 0 Å². The molecule has 0 bridgehead atoms. The number of hydrogen-bond acceptors (Lipinski definition) is 4. The van der Waals surface area contributed by atoms with Crippen LogP contribution < -0.4 is 9.04 Å². The normalized spacial score (nSPS) is 13.9. The minimum absolute atomic E-state index is 0.303. The molecule has 3 aromatic rings. The Morgan fingerprint density at radius 3 is 2.41 bits per heavy atom. The summed E-state index contributed by atoms with van der Waals surface area (Å²) in [5.41, 5.74) is 3.29. The predicted molar refractivity (Wildman–Crippen MR) is 106 cm³/mol. The van der Waals surface area contributed by atoms with Crippen LogP contribution in [-0.4, -0.2) is 27.1 Å². The second-order valence-corrected chi connectivity index (χ2v) is 8.25. The quantitative estimate of drug-likeness (QED) is 0.689. The van der Waals surface area contributed by atoms with Gasteiger partial charge in [0.15, 0.2) is 0 Å². The zero-order valence-corrected chi connectivity index (χ0v) is 15.8. The van der Waals surface area contributed by atoms with Gasteiger partial charge in [-0.1, -0.05) is 18.2 Å². The molecule has 1 aromatic heterocycles. The van der Waals surface area contributed by atoms with Crippen LogP contribution >= 0.6 is 0 Å². The molecule has 0 N–H and O–H groups in total. The Hall–Kier alpha value is -2.86. The molecule has 1 aliphatic heterocycles. The number of aromatic nitrogens is 1. The maximum absolute atomic E-state index is 13.1. The molecule has 0 aliphatic carbocycles. The lowest BCUT2D eigenvalue weighted by atomic mass is 10.1. The van der Waals surface area contributed by atoms with Gasteiger partial charge in [0, 0.05) is 12.1 Å². The molecule has 0 atom stereocenters. The highest BCUT2D eigenvalue weighted by atomic mass is 32.2. The van der Waals surface area contributed by atoms with Gasteiger partial charge >= 0.3 is 0 Å². The summed E-state index contributed by atoms with van der Waals surface area (Å²) >= 11 is 0. The molecule has 0 saturated heterocycles. The zero-order chi connectivity index (χ0) is 18.9. The number of pyridine rings is 1. The van der Waals surface area contributed by atoms with Crippen molar-refractivity contribution in [1.29, 1.82) is 0 Å². The minimum atomic E-state index is -3.59. The Bertz CT molecular complexity index is 1050. The standard InChI is InChI=1S/C21H20N2O3S/c1-26-17-11-9-16(10-12-17)19-13-14-21-20(22-19)8-5-15-23(21)27(24,25)18-6-3-2-4-7-18/h2-4,6-7,9-14H,5,8,15H2,1H3. The van der Waals surface area contributed by atoms with E-state index >= 15 is 0 Å². The third-order valence-electron chi connectivity index (χ3n) is 4.71. The Morgan fingerprint density at radius 1 is 0.963 bits per heavy atom. The third-order valence-corrected chi connectivity index (χ3v) is 6.54. The van der Waals surface area contributed by atoms with Crippen LogP contribution in [0.4, 0.5) is 5.69 Å². The van der Waals surface area contributed by atoms with E-state index in [1.54, 1.807) is 31.4 Å². The van der Waals surface area contributed by atoms with Gasteiger partial charge < -0.3 is 4.74 Å². The number of hydrogen-bond donors (Lipinski definition) is 0. The number of anilines is 1. The molecule has 0 radical (unpaired) electrons. The summed E-state index contributed by atoms with van der Waals surface area (Å²) in [6, 6.07) is 20.0. The van der Waals surface area contributed by atoms with Crippen molar-refractivity contribution in [2.75, 3.05) is 18.0 Å². The van der Waals surface area contributed by atoms with E-state index in [1.165, 1.54) is 4.31 Å². The maximum Gasteiger partial charge on any atom is 0.264 e. The van der Waals surface area contributed by atoms with Gasteiger partial charge in [0.25, 0.3) is 10.0 Å². The monoisotopic (exact) mass is 380 g/mol. The average molecular weight is 380 g/mol. The van der Waals surface area contributed by atoms with Crippen molar-refractivity contribution >= 4 is 15.7 Å². The maximum atomic E-state index is 13.1. The first-order chi connectivity index (χ1) is 13.1. The van der Waals surface area contributed by atoms with Crippen LogP contribution in [0.15, 0.2) is 71.6 Å². The van der Waals surface area contributed by atoms with E-state index in [1.807, 2.05) is 42.5 Å². The minimum Gasteiger partial charge on any atom is -0.497 e. The molecule has 1 aliphatic rings. The van der Waals surface area contributed by atoms with E-state index in [-0.39, 0.29) is 0 Å². The van der Waals surface area contributed by atoms with Crippen LogP contribution in [0.1, 0.15) is 12.1 Å². The Kier molecular flexibility index (Phi) is 4.58. The van der Waals surface area contributed by atoms with Gasteiger partial charge in [-0.15, -0.1) is 0 Å². The number of fused-ring (bicyclic) bond motifs is 1. The molecule has 0 fully saturated rings. The smallest absolute Gasteiger partial charge is 0.264 e. The van der Waals surface area contributed by atoms with E-state index < -0.39 is 10.0 Å². The summed E-state index contributed by atoms with van der Waals surface area (Å²) in [5, 5.41) is 0. The highest BCUT2D eigenvalue weighted by Crippen LogP contribution is 2.33. The van der Waals surface area contributed by atoms with Crippen molar-refractivity contribution < 1.29 is 13.2 Å². The number of benzene rings is 2. The SMILES string of the molecule is COc1ccc(-c2ccc3c(n2)CCCN3S(=O)(=O)c2ccccc2)cc1. The van der Waals surface area contributed by atoms with E-state index in [4.69, 9.17) is 9.72 Å². The van der Waals surface area contributed by atoms with Crippen molar-refractivity contribution in [2.24, 2.45) is 0 Å². The molecule has 2 aromatic carbocycles. The van der Waals surface area contributed by atoms with Crippen molar-refractivity contribution in [3.63, 3.8) is 0 Å². The fourth-order valence-corrected chi connectivity index (χ4v) is 4.86. The van der Waals surface area contributed by atoms with Crippen LogP contribution in [0.25, 0.3) is 11.3 Å². The zero-order valence-electron chi connectivity index (χ0n) is 15.0. The predicted octanol–water partition coefficient (Wildman–Crippen LogP) is 3.90. The molecule has 5 nitrogen and oxygen atoms in total. The second-order valence-electron chi connectivity index (χ2n) is 6.38. The van der Waals surface area contributed by atoms with Crippen LogP contribution in [0.5, 0.6) is 5.75 Å². The van der Waals surface area contributed by atoms with Gasteiger partial charge in [0.1, 0.15) is 5.75 Å². The molecule has 0 unspecified atom stereocenters. The Morgan fingerprint density at radius 2 is 1.70 bits per heavy atom. The Labute approximate surface area is 159 Å². The van der Waals surface area contributed by atoms with E-state index in [0.717, 1.165) is 35.5 Å². The molecule has 0 saturated carbocycles. The van der Waals surface area contributed by atoms with Gasteiger partial charge in [-0.3, -0.25) is 9.29 Å². The van der Waals surface area contributed by atoms with Crippen LogP contribution in [-0.2, 0) is 16.4 Å². The average Bonchev–Trinajstić information content (AvgIpc) is 2.73. The van der Waals surface area contributed by atoms with E-state index in [9.17, 15) is 8.42 Å². The van der Waals surface area contributed by atoms with Crippen LogP contribution in [0.2, 0.25) is 0 Å². The van der Waals surface area contributed by atoms with Gasteiger partial charge in [0.2, 0.25) is 0 Å². The first-order valence-corrected chi connectivity index (χ1v) is 10.3. The molecule has 4 rings (SSSR count). The summed E-state index contributed by atoms with van der Waals surface area (Å²) in [6.07, 6.45) is 1.51. The lowest BCUT2D eigenvalue weighted by Crippen LogP contribution is -2.35. The first kappa shape index (κ1) is 17.5. The lowest BCUT2D eigenvalue weighted by molar-refractivity contribution is 0.415. The van der Waals surface area contributed by atoms with Gasteiger partial charge in [0.05, 0.1) is 29.1 Å². The number of ether oxygens (including phenoxy) is 1. The van der Waals surface area contributed by atoms with Crippen molar-refractivity contribution in [1.82, 2.24) is 4.98 Å².